The van der Waals surface area contributed by atoms with E-state index in [1.807, 2.05) is 34.6 Å². The average Bonchev–Trinajstić information content (AvgIpc) is 2.32. The van der Waals surface area contributed by atoms with Gasteiger partial charge < -0.3 is 9.64 Å². The Hall–Kier alpha value is -0.375. The largest absolute Gasteiger partial charge is 0.397 e. The molecule has 1 fully saturated rings. The van der Waals surface area contributed by atoms with Crippen molar-refractivity contribution >= 4 is 29.4 Å². The van der Waals surface area contributed by atoms with Gasteiger partial charge in [-0.15, -0.1) is 0 Å². The predicted octanol–water partition coefficient (Wildman–Crippen LogP) is 1.57. The second kappa shape index (κ2) is 9.52. The number of carbonyl (C=O) groups is 1. The summed E-state index contributed by atoms with van der Waals surface area (Å²) in [5.41, 5.74) is -0.440. The predicted molar refractivity (Wildman–Crippen MR) is 83.7 cm³/mol. The Labute approximate surface area is 123 Å². The Bertz CT molecular complexity index is 247. The van der Waals surface area contributed by atoms with Crippen molar-refractivity contribution in [1.29, 1.82) is 0 Å². The number of nitrogens with zero attached hydrogens (tertiary/aromatic N) is 1. The molecule has 0 aromatic heterocycles. The van der Waals surface area contributed by atoms with E-state index in [1.165, 1.54) is 0 Å². The fraction of sp³-hybridized carbons (Fsp3) is 0.923. The molecule has 1 saturated heterocycles. The van der Waals surface area contributed by atoms with Crippen LogP contribution in [0.15, 0.2) is 0 Å². The summed E-state index contributed by atoms with van der Waals surface area (Å²) in [5.74, 6) is 0.0801. The average molecular weight is 261 g/mol. The molecule has 0 aliphatic carbocycles. The molecule has 6 radical (unpaired) electrons. The Kier molecular flexibility index (Phi) is 10.5. The summed E-state index contributed by atoms with van der Waals surface area (Å²) in [5, 5.41) is -1.60. The van der Waals surface area contributed by atoms with E-state index in [0.29, 0.717) is 25.9 Å². The zero-order valence-corrected chi connectivity index (χ0v) is 13.3. The summed E-state index contributed by atoms with van der Waals surface area (Å²) in [6.07, 6.45) is 1.39. The third kappa shape index (κ3) is 9.20. The lowest BCUT2D eigenvalue weighted by molar-refractivity contribution is -0.135. The zero-order chi connectivity index (χ0) is 15.7. The number of piperidine rings is 1. The van der Waals surface area contributed by atoms with Crippen LogP contribution in [0.2, 0.25) is 0 Å². The number of carbonyl (C=O) groups excluding carboxylic acids is 1. The van der Waals surface area contributed by atoms with Crippen molar-refractivity contribution in [2.75, 3.05) is 13.1 Å². The van der Waals surface area contributed by atoms with Crippen LogP contribution in [-0.2, 0) is 9.53 Å². The van der Waals surface area contributed by atoms with Crippen molar-refractivity contribution in [3.05, 3.63) is 0 Å². The van der Waals surface area contributed by atoms with E-state index in [-0.39, 0.29) is 5.91 Å². The molecule has 0 aromatic carbocycles. The molecule has 104 valence electrons. The van der Waals surface area contributed by atoms with E-state index in [4.69, 9.17) is 28.3 Å². The Morgan fingerprint density at radius 2 is 1.47 bits per heavy atom. The molecule has 0 spiro atoms. The maximum Gasteiger partial charge on any atom is 0.219 e. The molecular formula is C13H26B3NO2. The van der Waals surface area contributed by atoms with Crippen LogP contribution < -0.4 is 0 Å². The minimum atomic E-state index is -1.60. The molecule has 1 aliphatic rings. The third-order valence-electron chi connectivity index (χ3n) is 2.69. The van der Waals surface area contributed by atoms with Gasteiger partial charge in [0.2, 0.25) is 5.91 Å². The van der Waals surface area contributed by atoms with Gasteiger partial charge >= 0.3 is 0 Å². The lowest BCUT2D eigenvalue weighted by atomic mass is 9.52. The molecule has 0 atom stereocenters. The molecule has 6 heteroatoms. The van der Waals surface area contributed by atoms with Gasteiger partial charge in [-0.25, -0.2) is 0 Å². The fourth-order valence-electron chi connectivity index (χ4n) is 1.82. The van der Waals surface area contributed by atoms with Gasteiger partial charge in [0, 0.05) is 20.0 Å². The number of hydrogen-bond donors (Lipinski definition) is 0. The highest BCUT2D eigenvalue weighted by Crippen LogP contribution is 2.28. The second-order valence-corrected chi connectivity index (χ2v) is 4.41. The monoisotopic (exact) mass is 261 g/mol. The van der Waals surface area contributed by atoms with Crippen molar-refractivity contribution < 1.29 is 9.53 Å². The van der Waals surface area contributed by atoms with Gasteiger partial charge in [0.1, 0.15) is 0 Å². The minimum Gasteiger partial charge on any atom is -0.397 e. The molecule has 0 aromatic rings. The second-order valence-electron chi connectivity index (χ2n) is 4.41. The first-order valence-corrected chi connectivity index (χ1v) is 7.04. The first-order valence-electron chi connectivity index (χ1n) is 7.04. The standard InChI is InChI=1S/C9H14B3NO2.2C2H6/c1-7(14)13-5-3-8(2,4-6-13)15-9(10,11)12;2*1-2/h3-6H2,1-2H3;2*1-2H3. The number of hydrogen-bond acceptors (Lipinski definition) is 2. The Morgan fingerprint density at radius 3 is 1.74 bits per heavy atom. The van der Waals surface area contributed by atoms with Gasteiger partial charge in [-0.2, -0.15) is 0 Å². The van der Waals surface area contributed by atoms with E-state index in [2.05, 4.69) is 0 Å². The molecule has 19 heavy (non-hydrogen) atoms. The van der Waals surface area contributed by atoms with E-state index in [9.17, 15) is 4.79 Å². The van der Waals surface area contributed by atoms with E-state index in [0.717, 1.165) is 0 Å². The van der Waals surface area contributed by atoms with Crippen LogP contribution in [0.1, 0.15) is 54.4 Å². The Balaban J connectivity index is 0. The van der Waals surface area contributed by atoms with Crippen LogP contribution in [0.5, 0.6) is 0 Å². The molecule has 1 aliphatic heterocycles. The van der Waals surface area contributed by atoms with Gasteiger partial charge in [-0.3, -0.25) is 4.79 Å². The van der Waals surface area contributed by atoms with Crippen LogP contribution in [-0.4, -0.2) is 58.3 Å². The molecule has 0 N–H and O–H groups in total. The van der Waals surface area contributed by atoms with Crippen LogP contribution in [0.25, 0.3) is 0 Å². The van der Waals surface area contributed by atoms with Crippen LogP contribution in [0.3, 0.4) is 0 Å². The van der Waals surface area contributed by atoms with Crippen LogP contribution in [0.4, 0.5) is 0 Å². The molecular weight excluding hydrogens is 235 g/mol. The fourth-order valence-corrected chi connectivity index (χ4v) is 1.82. The molecule has 0 bridgehead atoms. The first-order chi connectivity index (χ1) is 8.72. The van der Waals surface area contributed by atoms with Crippen LogP contribution >= 0.6 is 0 Å². The Morgan fingerprint density at radius 1 is 1.11 bits per heavy atom. The first kappa shape index (κ1) is 20.9. The molecule has 1 heterocycles. The highest BCUT2D eigenvalue weighted by molar-refractivity contribution is 6.58. The minimum absolute atomic E-state index is 0.0801. The lowest BCUT2D eigenvalue weighted by Crippen LogP contribution is -2.51. The van der Waals surface area contributed by atoms with Crippen LogP contribution in [0, 0.1) is 0 Å². The van der Waals surface area contributed by atoms with Gasteiger partial charge in [-0.05, 0) is 25.1 Å². The maximum atomic E-state index is 11.1. The van der Waals surface area contributed by atoms with Crippen molar-refractivity contribution in [2.24, 2.45) is 0 Å². The van der Waals surface area contributed by atoms with Gasteiger partial charge in [-0.1, -0.05) is 27.7 Å². The van der Waals surface area contributed by atoms with E-state index < -0.39 is 10.9 Å². The molecule has 0 saturated carbocycles. The summed E-state index contributed by atoms with van der Waals surface area (Å²) < 4.78 is 5.39. The summed E-state index contributed by atoms with van der Waals surface area (Å²) in [6, 6.07) is 0. The lowest BCUT2D eigenvalue weighted by Gasteiger charge is -2.43. The molecule has 1 rings (SSSR count). The normalized spacial score (nSPS) is 17.5. The number of amides is 1. The van der Waals surface area contributed by atoms with Crippen molar-refractivity contribution in [3.63, 3.8) is 0 Å². The quantitative estimate of drug-likeness (QED) is 0.706. The van der Waals surface area contributed by atoms with E-state index in [1.54, 1.807) is 11.8 Å². The highest BCUT2D eigenvalue weighted by atomic mass is 16.5. The highest BCUT2D eigenvalue weighted by Gasteiger charge is 2.34. The molecule has 3 nitrogen and oxygen atoms in total. The number of rotatable bonds is 2. The maximum absolute atomic E-state index is 11.1. The van der Waals surface area contributed by atoms with Crippen molar-refractivity contribution in [1.82, 2.24) is 4.90 Å². The zero-order valence-electron chi connectivity index (χ0n) is 13.3. The van der Waals surface area contributed by atoms with Gasteiger partial charge in [0.15, 0.2) is 0 Å². The van der Waals surface area contributed by atoms with Crippen molar-refractivity contribution in [3.8, 4) is 0 Å². The number of likely N-dealkylation sites (tertiary alicyclic amines) is 1. The summed E-state index contributed by atoms with van der Waals surface area (Å²) >= 11 is 0. The smallest absolute Gasteiger partial charge is 0.219 e. The van der Waals surface area contributed by atoms with E-state index >= 15 is 0 Å². The summed E-state index contributed by atoms with van der Waals surface area (Å²) in [6.45, 7) is 12.8. The van der Waals surface area contributed by atoms with Gasteiger partial charge in [0.05, 0.1) is 29.1 Å². The van der Waals surface area contributed by atoms with Gasteiger partial charge in [0.25, 0.3) is 0 Å². The van der Waals surface area contributed by atoms with Crippen molar-refractivity contribution in [2.45, 2.75) is 65.3 Å². The molecule has 0 unspecified atom stereocenters. The topological polar surface area (TPSA) is 29.5 Å². The molecule has 1 amide bonds. The summed E-state index contributed by atoms with van der Waals surface area (Å²) in [7, 11) is 16.2. The third-order valence-corrected chi connectivity index (χ3v) is 2.69. The summed E-state index contributed by atoms with van der Waals surface area (Å²) in [4.78, 5) is 12.9. The SMILES string of the molecule is CC.CC.[B]C([B])([B])OC1(C)CCN(C(C)=O)CC1. The number of ether oxygens (including phenoxy) is 1.